The van der Waals surface area contributed by atoms with Crippen LogP contribution < -0.4 is 15.4 Å². The fraction of sp³-hybridized carbons (Fsp3) is 0.200. The Balaban J connectivity index is 1.28. The lowest BCUT2D eigenvalue weighted by Gasteiger charge is -2.11. The lowest BCUT2D eigenvalue weighted by Crippen LogP contribution is -2.19. The number of hydrogen-bond donors (Lipinski definition) is 2. The van der Waals surface area contributed by atoms with Crippen LogP contribution in [-0.2, 0) is 6.61 Å². The molecule has 2 aromatic heterocycles. The standard InChI is InChI=1S/C25H19ClFN7OS/c26-21-10-18(5-7-23(21)35-13-15-2-1-3-16(27)8-15)32-25-24-22(30-14-31-25)11-20(36-24)6-4-17-9-19(12-29-17)33-34-28/h1-3,5,7-8,10-11,14,17,19,29H,9,12-13H2,(H,30,31,32)/t17-,19+/m1/s1. The van der Waals surface area contributed by atoms with Crippen molar-refractivity contribution in [1.29, 1.82) is 0 Å². The fourth-order valence-electron chi connectivity index (χ4n) is 3.77. The highest BCUT2D eigenvalue weighted by atomic mass is 35.5. The van der Waals surface area contributed by atoms with Gasteiger partial charge in [-0.25, -0.2) is 14.4 Å². The second kappa shape index (κ2) is 10.8. The minimum atomic E-state index is -0.310. The van der Waals surface area contributed by atoms with Crippen LogP contribution in [0, 0.1) is 17.7 Å². The Hall–Kier alpha value is -3.87. The van der Waals surface area contributed by atoms with E-state index < -0.39 is 0 Å². The molecule has 5 rings (SSSR count). The van der Waals surface area contributed by atoms with Crippen LogP contribution in [-0.4, -0.2) is 28.6 Å². The van der Waals surface area contributed by atoms with E-state index in [0.29, 0.717) is 35.1 Å². The molecule has 8 nitrogen and oxygen atoms in total. The van der Waals surface area contributed by atoms with Gasteiger partial charge in [0.05, 0.1) is 32.2 Å². The smallest absolute Gasteiger partial charge is 0.151 e. The number of anilines is 2. The van der Waals surface area contributed by atoms with Crippen molar-refractivity contribution in [2.75, 3.05) is 11.9 Å². The van der Waals surface area contributed by atoms with Crippen LogP contribution in [0.2, 0.25) is 5.02 Å². The molecule has 11 heteroatoms. The molecule has 1 aliphatic heterocycles. The van der Waals surface area contributed by atoms with Crippen LogP contribution >= 0.6 is 22.9 Å². The molecule has 2 atom stereocenters. The van der Waals surface area contributed by atoms with Crippen molar-refractivity contribution in [2.24, 2.45) is 5.11 Å². The number of azide groups is 1. The molecular formula is C25H19ClFN7OS. The average Bonchev–Trinajstić information content (AvgIpc) is 3.50. The van der Waals surface area contributed by atoms with Crippen molar-refractivity contribution in [2.45, 2.75) is 25.1 Å². The van der Waals surface area contributed by atoms with E-state index in [0.717, 1.165) is 20.8 Å². The third kappa shape index (κ3) is 5.67. The number of nitrogens with one attached hydrogen (secondary N) is 2. The summed E-state index contributed by atoms with van der Waals surface area (Å²) in [5, 5.41) is 10.7. The van der Waals surface area contributed by atoms with E-state index in [1.54, 1.807) is 24.3 Å². The molecule has 3 heterocycles. The topological polar surface area (TPSA) is 108 Å². The van der Waals surface area contributed by atoms with E-state index in [2.05, 4.69) is 42.5 Å². The Morgan fingerprint density at radius 2 is 2.19 bits per heavy atom. The largest absolute Gasteiger partial charge is 0.487 e. The average molecular weight is 520 g/mol. The van der Waals surface area contributed by atoms with Gasteiger partial charge in [0.15, 0.2) is 5.82 Å². The highest BCUT2D eigenvalue weighted by Gasteiger charge is 2.21. The monoisotopic (exact) mass is 519 g/mol. The number of ether oxygens (including phenoxy) is 1. The van der Waals surface area contributed by atoms with Crippen molar-refractivity contribution in [3.63, 3.8) is 0 Å². The van der Waals surface area contributed by atoms with Gasteiger partial charge in [0.2, 0.25) is 0 Å². The van der Waals surface area contributed by atoms with Crippen LogP contribution in [0.4, 0.5) is 15.9 Å². The second-order valence-electron chi connectivity index (χ2n) is 8.06. The summed E-state index contributed by atoms with van der Waals surface area (Å²) in [7, 11) is 0. The normalized spacial score (nSPS) is 16.7. The number of benzene rings is 2. The maximum absolute atomic E-state index is 13.4. The molecule has 0 amide bonds. The summed E-state index contributed by atoms with van der Waals surface area (Å²) in [5.74, 6) is 7.22. The summed E-state index contributed by atoms with van der Waals surface area (Å²) in [6, 6.07) is 13.4. The molecule has 0 bridgehead atoms. The summed E-state index contributed by atoms with van der Waals surface area (Å²) < 4.78 is 20.0. The van der Waals surface area contributed by atoms with Gasteiger partial charge in [-0.3, -0.25) is 0 Å². The van der Waals surface area contributed by atoms with Gasteiger partial charge in [-0.1, -0.05) is 40.7 Å². The number of fused-ring (bicyclic) bond motifs is 1. The molecule has 0 unspecified atom stereocenters. The first-order valence-corrected chi connectivity index (χ1v) is 12.2. The molecule has 0 aliphatic carbocycles. The summed E-state index contributed by atoms with van der Waals surface area (Å²) in [6.45, 7) is 0.838. The minimum absolute atomic E-state index is 0.0156. The summed E-state index contributed by atoms with van der Waals surface area (Å²) in [5.41, 5.74) is 10.8. The maximum atomic E-state index is 13.4. The minimum Gasteiger partial charge on any atom is -0.487 e. The molecule has 4 aromatic rings. The van der Waals surface area contributed by atoms with Crippen molar-refractivity contribution in [3.8, 4) is 17.6 Å². The highest BCUT2D eigenvalue weighted by Crippen LogP contribution is 2.33. The first kappa shape index (κ1) is 23.9. The van der Waals surface area contributed by atoms with Crippen LogP contribution in [0.25, 0.3) is 20.7 Å². The van der Waals surface area contributed by atoms with Crippen molar-refractivity contribution >= 4 is 44.7 Å². The molecule has 1 aliphatic rings. The Kier molecular flexibility index (Phi) is 7.16. The highest BCUT2D eigenvalue weighted by molar-refractivity contribution is 7.20. The molecule has 180 valence electrons. The zero-order valence-corrected chi connectivity index (χ0v) is 20.4. The van der Waals surface area contributed by atoms with Gasteiger partial charge in [0.1, 0.15) is 24.5 Å². The van der Waals surface area contributed by atoms with E-state index in [4.69, 9.17) is 21.9 Å². The van der Waals surface area contributed by atoms with E-state index in [-0.39, 0.29) is 24.5 Å². The Morgan fingerprint density at radius 1 is 1.28 bits per heavy atom. The van der Waals surface area contributed by atoms with Gasteiger partial charge in [-0.05, 0) is 53.9 Å². The Morgan fingerprint density at radius 3 is 3.03 bits per heavy atom. The molecule has 2 aromatic carbocycles. The molecule has 0 saturated carbocycles. The van der Waals surface area contributed by atoms with Gasteiger partial charge in [-0.15, -0.1) is 11.3 Å². The zero-order valence-electron chi connectivity index (χ0n) is 18.8. The lowest BCUT2D eigenvalue weighted by atomic mass is 10.2. The molecule has 1 saturated heterocycles. The zero-order chi connectivity index (χ0) is 24.9. The first-order chi connectivity index (χ1) is 17.6. The Labute approximate surface area is 215 Å². The van der Waals surface area contributed by atoms with E-state index in [9.17, 15) is 4.39 Å². The number of hydrogen-bond acceptors (Lipinski definition) is 7. The van der Waals surface area contributed by atoms with Crippen LogP contribution in [0.3, 0.4) is 0 Å². The molecule has 2 N–H and O–H groups in total. The summed E-state index contributed by atoms with van der Waals surface area (Å²) >= 11 is 7.92. The summed E-state index contributed by atoms with van der Waals surface area (Å²) in [6.07, 6.45) is 2.19. The van der Waals surface area contributed by atoms with E-state index in [1.807, 2.05) is 12.1 Å². The number of aromatic nitrogens is 2. The van der Waals surface area contributed by atoms with Gasteiger partial charge in [0.25, 0.3) is 0 Å². The quantitative estimate of drug-likeness (QED) is 0.136. The van der Waals surface area contributed by atoms with E-state index in [1.165, 1.54) is 29.8 Å². The van der Waals surface area contributed by atoms with Gasteiger partial charge < -0.3 is 15.4 Å². The van der Waals surface area contributed by atoms with E-state index >= 15 is 0 Å². The van der Waals surface area contributed by atoms with Crippen LogP contribution in [0.1, 0.15) is 16.9 Å². The van der Waals surface area contributed by atoms with Gasteiger partial charge >= 0.3 is 0 Å². The Bertz CT molecular complexity index is 1530. The maximum Gasteiger partial charge on any atom is 0.151 e. The number of halogens is 2. The first-order valence-electron chi connectivity index (χ1n) is 11.0. The van der Waals surface area contributed by atoms with Gasteiger partial charge in [-0.2, -0.15) is 0 Å². The number of rotatable bonds is 6. The lowest BCUT2D eigenvalue weighted by molar-refractivity contribution is 0.306. The number of nitrogens with zero attached hydrogens (tertiary/aromatic N) is 5. The van der Waals surface area contributed by atoms with Crippen molar-refractivity contribution < 1.29 is 9.13 Å². The summed E-state index contributed by atoms with van der Waals surface area (Å²) in [4.78, 5) is 12.5. The molecule has 1 fully saturated rings. The van der Waals surface area contributed by atoms with Crippen LogP contribution in [0.15, 0.2) is 60.0 Å². The van der Waals surface area contributed by atoms with Crippen molar-refractivity contribution in [3.05, 3.63) is 86.6 Å². The third-order valence-corrected chi connectivity index (χ3v) is 6.82. The van der Waals surface area contributed by atoms with Crippen molar-refractivity contribution in [1.82, 2.24) is 15.3 Å². The predicted molar refractivity (Wildman–Crippen MR) is 139 cm³/mol. The fourth-order valence-corrected chi connectivity index (χ4v) is 4.92. The molecule has 36 heavy (non-hydrogen) atoms. The molecule has 0 radical (unpaired) electrons. The molecule has 0 spiro atoms. The van der Waals surface area contributed by atoms with Crippen LogP contribution in [0.5, 0.6) is 5.75 Å². The SMILES string of the molecule is [N-]=[N+]=N[C@@H]1CN[C@H](C#Cc2cc3ncnc(Nc4ccc(OCc5cccc(F)c5)c(Cl)c4)c3s2)C1. The predicted octanol–water partition coefficient (Wildman–Crippen LogP) is 6.20. The third-order valence-electron chi connectivity index (χ3n) is 5.48. The van der Waals surface area contributed by atoms with Gasteiger partial charge in [0, 0.05) is 17.1 Å². The molecular weight excluding hydrogens is 501 g/mol. The number of thiophene rings is 1. The second-order valence-corrected chi connectivity index (χ2v) is 9.52.